The lowest BCUT2D eigenvalue weighted by molar-refractivity contribution is -0.143. The molecule has 2 aliphatic rings. The van der Waals surface area contributed by atoms with E-state index in [2.05, 4.69) is 6.92 Å². The first kappa shape index (κ1) is 17.7. The number of unbranched alkanes of at least 4 members (excludes halogenated alkanes) is 1. The van der Waals surface area contributed by atoms with Crippen molar-refractivity contribution in [1.82, 2.24) is 4.90 Å². The number of imide groups is 1. The number of hydrogen-bond donors (Lipinski definition) is 0. The molecule has 0 spiro atoms. The Labute approximate surface area is 159 Å². The zero-order valence-corrected chi connectivity index (χ0v) is 15.7. The first-order chi connectivity index (χ1) is 13.1. The van der Waals surface area contributed by atoms with Crippen LogP contribution in [-0.4, -0.2) is 29.4 Å². The van der Waals surface area contributed by atoms with E-state index in [9.17, 15) is 9.59 Å². The van der Waals surface area contributed by atoms with Gasteiger partial charge >= 0.3 is 0 Å². The molecule has 4 rings (SSSR count). The van der Waals surface area contributed by atoms with E-state index in [1.807, 2.05) is 61.5 Å². The molecule has 5 heteroatoms. The van der Waals surface area contributed by atoms with Crippen LogP contribution in [0.4, 0.5) is 5.69 Å². The second-order valence-electron chi connectivity index (χ2n) is 7.25. The summed E-state index contributed by atoms with van der Waals surface area (Å²) in [5, 5.41) is 1.74. The lowest BCUT2D eigenvalue weighted by atomic mass is 9.90. The number of anilines is 1. The molecular formula is C22H24N2O3. The fourth-order valence-corrected chi connectivity index (χ4v) is 3.91. The van der Waals surface area contributed by atoms with Crippen molar-refractivity contribution >= 4 is 17.5 Å². The number of hydrogen-bond acceptors (Lipinski definition) is 4. The Kier molecular flexibility index (Phi) is 4.70. The number of benzene rings is 2. The van der Waals surface area contributed by atoms with Crippen molar-refractivity contribution in [3.05, 3.63) is 65.7 Å². The number of rotatable bonds is 5. The summed E-state index contributed by atoms with van der Waals surface area (Å²) in [6.07, 6.45) is 1.00. The summed E-state index contributed by atoms with van der Waals surface area (Å²) in [4.78, 5) is 33.5. The molecule has 2 amide bonds. The predicted octanol–water partition coefficient (Wildman–Crippen LogP) is 3.64. The lowest BCUT2D eigenvalue weighted by Crippen LogP contribution is -2.37. The molecule has 2 fully saturated rings. The predicted molar refractivity (Wildman–Crippen MR) is 103 cm³/mol. The minimum absolute atomic E-state index is 0.123. The third-order valence-corrected chi connectivity index (χ3v) is 5.37. The molecule has 0 saturated carbocycles. The fourth-order valence-electron chi connectivity index (χ4n) is 3.91. The molecule has 0 aliphatic carbocycles. The molecule has 5 nitrogen and oxygen atoms in total. The molecule has 0 radical (unpaired) electrons. The number of carbonyl (C=O) groups excluding carboxylic acids is 2. The van der Waals surface area contributed by atoms with Crippen LogP contribution < -0.4 is 5.06 Å². The van der Waals surface area contributed by atoms with Crippen molar-refractivity contribution in [2.75, 3.05) is 11.6 Å². The maximum absolute atomic E-state index is 13.1. The average Bonchev–Trinajstić information content (AvgIpc) is 3.19. The molecule has 2 aliphatic heterocycles. The molecule has 3 unspecified atom stereocenters. The van der Waals surface area contributed by atoms with Crippen LogP contribution >= 0.6 is 0 Å². The molecule has 140 valence electrons. The van der Waals surface area contributed by atoms with Gasteiger partial charge in [-0.05, 0) is 31.0 Å². The fraction of sp³-hybridized carbons (Fsp3) is 0.364. The molecular weight excluding hydrogens is 340 g/mol. The SMILES string of the molecule is CCCCN1C(=O)C2ON(c3ccccc3)C(c3ccc(C)cc3)C2C1=O. The Morgan fingerprint density at radius 2 is 1.67 bits per heavy atom. The standard InChI is InChI=1S/C22H24N2O3/c1-3-4-14-23-21(25)18-19(16-12-10-15(2)11-13-16)24(27-20(18)22(23)26)17-8-6-5-7-9-17/h5-13,18-20H,3-4,14H2,1-2H3. The molecule has 0 aromatic heterocycles. The Hall–Kier alpha value is -2.66. The third-order valence-electron chi connectivity index (χ3n) is 5.37. The third kappa shape index (κ3) is 3.02. The van der Waals surface area contributed by atoms with E-state index in [0.717, 1.165) is 29.7 Å². The number of carbonyl (C=O) groups is 2. The van der Waals surface area contributed by atoms with Crippen LogP contribution in [0, 0.1) is 12.8 Å². The molecule has 0 N–H and O–H groups in total. The van der Waals surface area contributed by atoms with Crippen LogP contribution in [0.25, 0.3) is 0 Å². The van der Waals surface area contributed by atoms with E-state index in [1.165, 1.54) is 4.90 Å². The van der Waals surface area contributed by atoms with Crippen molar-refractivity contribution in [1.29, 1.82) is 0 Å². The van der Waals surface area contributed by atoms with Gasteiger partial charge < -0.3 is 0 Å². The molecule has 0 bridgehead atoms. The van der Waals surface area contributed by atoms with E-state index in [1.54, 1.807) is 5.06 Å². The maximum atomic E-state index is 13.1. The van der Waals surface area contributed by atoms with Crippen LogP contribution in [0.15, 0.2) is 54.6 Å². The molecule has 2 aromatic rings. The Morgan fingerprint density at radius 1 is 0.963 bits per heavy atom. The van der Waals surface area contributed by atoms with Gasteiger partial charge in [0.1, 0.15) is 5.92 Å². The average molecular weight is 364 g/mol. The van der Waals surface area contributed by atoms with Gasteiger partial charge in [0.25, 0.3) is 5.91 Å². The van der Waals surface area contributed by atoms with Gasteiger partial charge in [-0.1, -0.05) is 61.4 Å². The van der Waals surface area contributed by atoms with Crippen LogP contribution in [0.1, 0.15) is 36.9 Å². The highest BCUT2D eigenvalue weighted by Crippen LogP contribution is 2.46. The number of hydroxylamine groups is 1. The van der Waals surface area contributed by atoms with Crippen LogP contribution in [0.2, 0.25) is 0 Å². The Morgan fingerprint density at radius 3 is 2.33 bits per heavy atom. The highest BCUT2D eigenvalue weighted by molar-refractivity contribution is 6.07. The largest absolute Gasteiger partial charge is 0.280 e. The van der Waals surface area contributed by atoms with Crippen molar-refractivity contribution in [3.63, 3.8) is 0 Å². The van der Waals surface area contributed by atoms with E-state index < -0.39 is 12.0 Å². The number of fused-ring (bicyclic) bond motifs is 1. The van der Waals surface area contributed by atoms with E-state index in [0.29, 0.717) is 6.54 Å². The minimum Gasteiger partial charge on any atom is -0.280 e. The second-order valence-corrected chi connectivity index (χ2v) is 7.25. The van der Waals surface area contributed by atoms with E-state index in [-0.39, 0.29) is 17.9 Å². The molecule has 2 heterocycles. The Balaban J connectivity index is 1.73. The summed E-state index contributed by atoms with van der Waals surface area (Å²) in [6, 6.07) is 17.4. The second kappa shape index (κ2) is 7.16. The summed E-state index contributed by atoms with van der Waals surface area (Å²) in [6.45, 7) is 4.55. The molecule has 2 saturated heterocycles. The van der Waals surface area contributed by atoms with Gasteiger partial charge in [-0.2, -0.15) is 0 Å². The molecule has 27 heavy (non-hydrogen) atoms. The van der Waals surface area contributed by atoms with E-state index >= 15 is 0 Å². The summed E-state index contributed by atoms with van der Waals surface area (Å²) in [5.74, 6) is -0.853. The maximum Gasteiger partial charge on any atom is 0.261 e. The van der Waals surface area contributed by atoms with Crippen molar-refractivity contribution in [2.45, 2.75) is 38.8 Å². The van der Waals surface area contributed by atoms with Crippen molar-refractivity contribution in [3.8, 4) is 0 Å². The smallest absolute Gasteiger partial charge is 0.261 e. The van der Waals surface area contributed by atoms with Crippen LogP contribution in [-0.2, 0) is 14.4 Å². The highest BCUT2D eigenvalue weighted by atomic mass is 16.7. The Bertz CT molecular complexity index is 834. The summed E-state index contributed by atoms with van der Waals surface area (Å²) >= 11 is 0. The summed E-state index contributed by atoms with van der Waals surface area (Å²) < 4.78 is 0. The monoisotopic (exact) mass is 364 g/mol. The van der Waals surface area contributed by atoms with Crippen molar-refractivity contribution in [2.24, 2.45) is 5.92 Å². The van der Waals surface area contributed by atoms with Gasteiger partial charge in [-0.3, -0.25) is 19.3 Å². The van der Waals surface area contributed by atoms with Crippen LogP contribution in [0.5, 0.6) is 0 Å². The van der Waals surface area contributed by atoms with Gasteiger partial charge in [0.2, 0.25) is 5.91 Å². The number of amides is 2. The lowest BCUT2D eigenvalue weighted by Gasteiger charge is -2.28. The first-order valence-electron chi connectivity index (χ1n) is 9.54. The van der Waals surface area contributed by atoms with Gasteiger partial charge in [0, 0.05) is 6.54 Å². The van der Waals surface area contributed by atoms with Crippen molar-refractivity contribution < 1.29 is 14.4 Å². The zero-order valence-electron chi connectivity index (χ0n) is 15.7. The summed E-state index contributed by atoms with van der Waals surface area (Å²) in [7, 11) is 0. The van der Waals surface area contributed by atoms with Gasteiger partial charge in [0.15, 0.2) is 6.10 Å². The molecule has 2 aromatic carbocycles. The van der Waals surface area contributed by atoms with Crippen LogP contribution in [0.3, 0.4) is 0 Å². The first-order valence-corrected chi connectivity index (χ1v) is 9.54. The number of nitrogens with zero attached hydrogens (tertiary/aromatic N) is 2. The van der Waals surface area contributed by atoms with E-state index in [4.69, 9.17) is 4.84 Å². The number of para-hydroxylation sites is 1. The van der Waals surface area contributed by atoms with Gasteiger partial charge in [0.05, 0.1) is 11.7 Å². The zero-order chi connectivity index (χ0) is 19.0. The highest BCUT2D eigenvalue weighted by Gasteiger charge is 2.59. The molecule has 3 atom stereocenters. The van der Waals surface area contributed by atoms with Gasteiger partial charge in [-0.15, -0.1) is 0 Å². The normalized spacial score (nSPS) is 24.6. The topological polar surface area (TPSA) is 49.9 Å². The van der Waals surface area contributed by atoms with Gasteiger partial charge in [-0.25, -0.2) is 5.06 Å². The number of aryl methyl sites for hydroxylation is 1. The summed E-state index contributed by atoms with van der Waals surface area (Å²) in [5.41, 5.74) is 2.98. The minimum atomic E-state index is -0.749. The quantitative estimate of drug-likeness (QED) is 0.760. The number of likely N-dealkylation sites (tertiary alicyclic amines) is 1.